The summed E-state index contributed by atoms with van der Waals surface area (Å²) in [5, 5.41) is 20.6. The van der Waals surface area contributed by atoms with Crippen molar-refractivity contribution in [3.05, 3.63) is 158 Å². The fourth-order valence-corrected chi connectivity index (χ4v) is 9.26. The molecule has 0 aliphatic carbocycles. The van der Waals surface area contributed by atoms with E-state index in [2.05, 4.69) is 174 Å². The van der Waals surface area contributed by atoms with Gasteiger partial charge in [-0.2, -0.15) is 0 Å². The van der Waals surface area contributed by atoms with Crippen LogP contribution < -0.4 is 0 Å². The van der Waals surface area contributed by atoms with Crippen molar-refractivity contribution in [1.29, 1.82) is 0 Å². The molecule has 0 bridgehead atoms. The van der Waals surface area contributed by atoms with E-state index in [1.807, 2.05) is 0 Å². The number of para-hydroxylation sites is 2. The highest BCUT2D eigenvalue weighted by Crippen LogP contribution is 2.43. The molecule has 1 N–H and O–H groups in total. The predicted molar refractivity (Wildman–Crippen MR) is 220 cm³/mol. The third kappa shape index (κ3) is 3.61. The van der Waals surface area contributed by atoms with E-state index >= 15 is 0 Å². The summed E-state index contributed by atoms with van der Waals surface area (Å²) in [6, 6.07) is 59.0. The van der Waals surface area contributed by atoms with Gasteiger partial charge in [-0.3, -0.25) is 0 Å². The SMILES string of the molecule is Cn1c2ccccc2c2cc3c4cc(-c5ccc6c7ccccc7c7cc8c(cc7c6c5)[nH]c5ccccc58)ccc4c4ccccc4c3cc21. The van der Waals surface area contributed by atoms with Crippen LogP contribution in [-0.2, 0) is 7.05 Å². The van der Waals surface area contributed by atoms with E-state index in [4.69, 9.17) is 0 Å². The van der Waals surface area contributed by atoms with Crippen molar-refractivity contribution in [2.75, 3.05) is 0 Å². The Balaban J connectivity index is 1.17. The molecule has 0 saturated carbocycles. The number of nitrogens with zero attached hydrogens (tertiary/aromatic N) is 1. The predicted octanol–water partition coefficient (Wildman–Crippen LogP) is 13.6. The second kappa shape index (κ2) is 9.74. The number of aromatic amines is 1. The van der Waals surface area contributed by atoms with Gasteiger partial charge in [0.25, 0.3) is 0 Å². The monoisotopic (exact) mass is 646 g/mol. The van der Waals surface area contributed by atoms with Gasteiger partial charge in [-0.05, 0) is 124 Å². The molecule has 0 radical (unpaired) electrons. The number of hydrogen-bond donors (Lipinski definition) is 1. The number of aromatic nitrogens is 2. The molecule has 51 heavy (non-hydrogen) atoms. The maximum Gasteiger partial charge on any atom is 0.0495 e. The van der Waals surface area contributed by atoms with Crippen molar-refractivity contribution in [3.8, 4) is 11.1 Å². The molecule has 0 atom stereocenters. The topological polar surface area (TPSA) is 20.7 Å². The highest BCUT2D eigenvalue weighted by molar-refractivity contribution is 6.31. The number of rotatable bonds is 1. The number of aryl methyl sites for hydroxylation is 1. The van der Waals surface area contributed by atoms with Crippen LogP contribution in [-0.4, -0.2) is 9.55 Å². The lowest BCUT2D eigenvalue weighted by Gasteiger charge is -2.14. The van der Waals surface area contributed by atoms with Crippen molar-refractivity contribution in [1.82, 2.24) is 9.55 Å². The van der Waals surface area contributed by atoms with E-state index in [0.29, 0.717) is 0 Å². The maximum atomic E-state index is 3.70. The molecule has 10 aromatic carbocycles. The second-order valence-corrected chi connectivity index (χ2v) is 14.2. The zero-order valence-electron chi connectivity index (χ0n) is 28.0. The van der Waals surface area contributed by atoms with E-state index in [9.17, 15) is 0 Å². The molecule has 0 spiro atoms. The first-order valence-electron chi connectivity index (χ1n) is 17.7. The lowest BCUT2D eigenvalue weighted by molar-refractivity contribution is 1.02. The zero-order chi connectivity index (χ0) is 33.4. The van der Waals surface area contributed by atoms with Gasteiger partial charge in [0.15, 0.2) is 0 Å². The molecule has 236 valence electrons. The van der Waals surface area contributed by atoms with Crippen molar-refractivity contribution in [3.63, 3.8) is 0 Å². The van der Waals surface area contributed by atoms with Crippen LogP contribution in [0.25, 0.3) is 119 Å². The molecule has 0 unspecified atom stereocenters. The highest BCUT2D eigenvalue weighted by Gasteiger charge is 2.17. The smallest absolute Gasteiger partial charge is 0.0495 e. The molecule has 12 aromatic rings. The first-order valence-corrected chi connectivity index (χ1v) is 17.7. The summed E-state index contributed by atoms with van der Waals surface area (Å²) in [7, 11) is 2.19. The largest absolute Gasteiger partial charge is 0.354 e. The van der Waals surface area contributed by atoms with Gasteiger partial charge in [0.1, 0.15) is 0 Å². The average molecular weight is 647 g/mol. The van der Waals surface area contributed by atoms with Gasteiger partial charge in [-0.15, -0.1) is 0 Å². The Morgan fingerprint density at radius 1 is 0.294 bits per heavy atom. The normalized spacial score (nSPS) is 12.4. The molecule has 0 saturated heterocycles. The molecule has 2 nitrogen and oxygen atoms in total. The third-order valence-electron chi connectivity index (χ3n) is 11.7. The van der Waals surface area contributed by atoms with Crippen LogP contribution in [0.3, 0.4) is 0 Å². The van der Waals surface area contributed by atoms with Gasteiger partial charge in [0.05, 0.1) is 0 Å². The molecule has 2 heteroatoms. The summed E-state index contributed by atoms with van der Waals surface area (Å²) < 4.78 is 2.34. The van der Waals surface area contributed by atoms with Gasteiger partial charge in [0.2, 0.25) is 0 Å². The van der Waals surface area contributed by atoms with Crippen LogP contribution in [0, 0.1) is 0 Å². The fraction of sp³-hybridized carbons (Fsp3) is 0.0204. The molecule has 0 amide bonds. The Morgan fingerprint density at radius 3 is 1.41 bits per heavy atom. The van der Waals surface area contributed by atoms with E-state index in [0.717, 1.165) is 0 Å². The van der Waals surface area contributed by atoms with Crippen LogP contribution in [0.15, 0.2) is 158 Å². The molecular formula is C49H30N2. The number of H-pyrrole nitrogens is 1. The third-order valence-corrected chi connectivity index (χ3v) is 11.7. The van der Waals surface area contributed by atoms with Crippen LogP contribution in [0.5, 0.6) is 0 Å². The van der Waals surface area contributed by atoms with Crippen LogP contribution in [0.2, 0.25) is 0 Å². The number of benzene rings is 10. The Labute approximate surface area is 292 Å². The maximum absolute atomic E-state index is 3.70. The minimum Gasteiger partial charge on any atom is -0.354 e. The van der Waals surface area contributed by atoms with Crippen molar-refractivity contribution in [2.45, 2.75) is 0 Å². The summed E-state index contributed by atoms with van der Waals surface area (Å²) in [5.74, 6) is 0. The Kier molecular flexibility index (Phi) is 5.20. The fourth-order valence-electron chi connectivity index (χ4n) is 9.26. The van der Waals surface area contributed by atoms with Crippen molar-refractivity contribution < 1.29 is 0 Å². The van der Waals surface area contributed by atoms with Gasteiger partial charge < -0.3 is 9.55 Å². The number of nitrogens with one attached hydrogen (secondary N) is 1. The first kappa shape index (κ1) is 27.2. The number of fused-ring (bicyclic) bond motifs is 18. The highest BCUT2D eigenvalue weighted by atomic mass is 14.9. The summed E-state index contributed by atoms with van der Waals surface area (Å²) >= 11 is 0. The summed E-state index contributed by atoms with van der Waals surface area (Å²) in [6.07, 6.45) is 0. The summed E-state index contributed by atoms with van der Waals surface area (Å²) in [6.45, 7) is 0. The van der Waals surface area contributed by atoms with Crippen molar-refractivity contribution in [2.24, 2.45) is 7.05 Å². The van der Waals surface area contributed by atoms with E-state index < -0.39 is 0 Å². The molecular weight excluding hydrogens is 617 g/mol. The summed E-state index contributed by atoms with van der Waals surface area (Å²) in [4.78, 5) is 3.70. The zero-order valence-corrected chi connectivity index (χ0v) is 28.0. The van der Waals surface area contributed by atoms with Crippen molar-refractivity contribution >= 4 is 108 Å². The molecule has 12 rings (SSSR count). The number of hydrogen-bond acceptors (Lipinski definition) is 0. The van der Waals surface area contributed by atoms with Crippen LogP contribution in [0.4, 0.5) is 0 Å². The minimum atomic E-state index is 1.17. The molecule has 2 heterocycles. The van der Waals surface area contributed by atoms with E-state index in [1.54, 1.807) is 0 Å². The molecule has 2 aromatic heterocycles. The molecule has 0 aliphatic heterocycles. The second-order valence-electron chi connectivity index (χ2n) is 14.2. The van der Waals surface area contributed by atoms with E-state index in [-0.39, 0.29) is 0 Å². The Bertz CT molecular complexity index is 3490. The Hall–Kier alpha value is -6.64. The molecule has 0 fully saturated rings. The standard InChI is InChI=1S/C49H30N2/c1-51-48-17-9-7-15-37(48)45-25-41-38-22-28(18-20-34(38)31-11-3-5-13-33(31)43(41)27-49(45)51)29-19-21-35-30-10-2-4-12-32(30)40-24-44-36-14-6-8-16-46(36)50-47(44)26-42(40)39(35)23-29/h2-27,50H,1H3. The minimum absolute atomic E-state index is 1.17. The van der Waals surface area contributed by atoms with Gasteiger partial charge >= 0.3 is 0 Å². The van der Waals surface area contributed by atoms with Crippen LogP contribution >= 0.6 is 0 Å². The lowest BCUT2D eigenvalue weighted by Crippen LogP contribution is -1.89. The Morgan fingerprint density at radius 2 is 0.745 bits per heavy atom. The van der Waals surface area contributed by atoms with Crippen LogP contribution in [0.1, 0.15) is 0 Å². The van der Waals surface area contributed by atoms with Gasteiger partial charge in [-0.1, -0.05) is 109 Å². The quantitative estimate of drug-likeness (QED) is 0.171. The summed E-state index contributed by atoms with van der Waals surface area (Å²) in [5.41, 5.74) is 7.33. The van der Waals surface area contributed by atoms with E-state index in [1.165, 1.54) is 119 Å². The van der Waals surface area contributed by atoms with Gasteiger partial charge in [-0.25, -0.2) is 0 Å². The lowest BCUT2D eigenvalue weighted by atomic mass is 9.89. The van der Waals surface area contributed by atoms with Gasteiger partial charge in [0, 0.05) is 50.7 Å². The average Bonchev–Trinajstić information content (AvgIpc) is 3.70. The molecule has 0 aliphatic rings. The first-order chi connectivity index (χ1) is 25.2.